The second-order valence-corrected chi connectivity index (χ2v) is 7.25. The van der Waals surface area contributed by atoms with Crippen LogP contribution in [0.5, 0.6) is 0 Å². The molecule has 0 atom stereocenters. The van der Waals surface area contributed by atoms with Crippen molar-refractivity contribution >= 4 is 10.0 Å². The maximum absolute atomic E-state index is 12.0. The van der Waals surface area contributed by atoms with Gasteiger partial charge in [0.25, 0.3) is 0 Å². The number of hydrogen-bond donors (Lipinski definition) is 2. The van der Waals surface area contributed by atoms with E-state index in [1.165, 1.54) is 0 Å². The molecule has 0 saturated carbocycles. The third-order valence-electron chi connectivity index (χ3n) is 3.14. The van der Waals surface area contributed by atoms with E-state index in [2.05, 4.69) is 4.72 Å². The zero-order chi connectivity index (χ0) is 14.0. The lowest BCUT2D eigenvalue weighted by molar-refractivity contribution is 0.00636. The zero-order valence-corrected chi connectivity index (χ0v) is 12.1. The molecule has 0 fully saturated rings. The van der Waals surface area contributed by atoms with Gasteiger partial charge in [-0.25, -0.2) is 13.1 Å². The van der Waals surface area contributed by atoms with E-state index in [9.17, 15) is 13.5 Å². The summed E-state index contributed by atoms with van der Waals surface area (Å²) in [6.45, 7) is 6.49. The van der Waals surface area contributed by atoms with Crippen LogP contribution in [0, 0.1) is 0 Å². The molecular weight excluding hydrogens is 250 g/mol. The Balaban J connectivity index is 2.84. The normalized spacial score (nSPS) is 13.6. The quantitative estimate of drug-likeness (QED) is 0.856. The van der Waals surface area contributed by atoms with Gasteiger partial charge in [-0.2, -0.15) is 0 Å². The Morgan fingerprint density at radius 3 is 2.06 bits per heavy atom. The van der Waals surface area contributed by atoms with Crippen molar-refractivity contribution in [3.63, 3.8) is 0 Å². The first-order chi connectivity index (χ1) is 8.04. The van der Waals surface area contributed by atoms with Gasteiger partial charge in [0.1, 0.15) is 0 Å². The molecule has 0 bridgehead atoms. The molecule has 4 nitrogen and oxygen atoms in total. The van der Waals surface area contributed by atoms with Crippen LogP contribution in [0.4, 0.5) is 0 Å². The van der Waals surface area contributed by atoms with Gasteiger partial charge in [-0.05, 0) is 33.3 Å². The van der Waals surface area contributed by atoms with Crippen LogP contribution in [0.3, 0.4) is 0 Å². The summed E-state index contributed by atoms with van der Waals surface area (Å²) >= 11 is 0. The van der Waals surface area contributed by atoms with E-state index >= 15 is 0 Å². The van der Waals surface area contributed by atoms with Crippen LogP contribution < -0.4 is 4.72 Å². The highest BCUT2D eigenvalue weighted by atomic mass is 32.2. The van der Waals surface area contributed by atoms with Gasteiger partial charge in [-0.15, -0.1) is 0 Å². The van der Waals surface area contributed by atoms with Crippen molar-refractivity contribution < 1.29 is 13.5 Å². The van der Waals surface area contributed by atoms with Crippen LogP contribution in [-0.2, 0) is 15.8 Å². The Hall–Kier alpha value is -0.910. The summed E-state index contributed by atoms with van der Waals surface area (Å²) in [5.74, 6) is -0.0899. The topological polar surface area (TPSA) is 66.4 Å². The minimum atomic E-state index is -3.49. The second-order valence-electron chi connectivity index (χ2n) is 5.53. The van der Waals surface area contributed by atoms with E-state index in [0.29, 0.717) is 0 Å². The molecule has 0 radical (unpaired) electrons. The molecule has 0 amide bonds. The minimum Gasteiger partial charge on any atom is -0.389 e. The molecule has 0 aliphatic rings. The van der Waals surface area contributed by atoms with E-state index in [-0.39, 0.29) is 5.75 Å². The molecule has 0 aromatic heterocycles. The standard InChI is InChI=1S/C13H21NO3S/c1-12(2,13(3,4)15)14-18(16,17)10-11-8-6-5-7-9-11/h5-9,14-15H,10H2,1-4H3. The van der Waals surface area contributed by atoms with Gasteiger partial charge >= 0.3 is 0 Å². The van der Waals surface area contributed by atoms with E-state index in [1.54, 1.807) is 52.0 Å². The molecule has 0 saturated heterocycles. The predicted molar refractivity (Wildman–Crippen MR) is 72.6 cm³/mol. The monoisotopic (exact) mass is 271 g/mol. The fourth-order valence-corrected chi connectivity index (χ4v) is 3.07. The first-order valence-electron chi connectivity index (χ1n) is 5.81. The molecule has 1 aromatic carbocycles. The molecule has 1 rings (SSSR count). The van der Waals surface area contributed by atoms with Crippen LogP contribution in [0.2, 0.25) is 0 Å². The fourth-order valence-electron chi connectivity index (χ4n) is 1.34. The van der Waals surface area contributed by atoms with Gasteiger partial charge in [0.05, 0.1) is 16.9 Å². The first kappa shape index (κ1) is 15.1. The van der Waals surface area contributed by atoms with E-state index in [4.69, 9.17) is 0 Å². The smallest absolute Gasteiger partial charge is 0.216 e. The van der Waals surface area contributed by atoms with Crippen molar-refractivity contribution in [1.29, 1.82) is 0 Å². The Kier molecular flexibility index (Phi) is 4.20. The lowest BCUT2D eigenvalue weighted by Crippen LogP contribution is -2.57. The van der Waals surface area contributed by atoms with Gasteiger partial charge in [-0.3, -0.25) is 0 Å². The van der Waals surface area contributed by atoms with Crippen molar-refractivity contribution in [2.24, 2.45) is 0 Å². The molecule has 0 spiro atoms. The average Bonchev–Trinajstić information content (AvgIpc) is 2.14. The van der Waals surface area contributed by atoms with E-state index < -0.39 is 21.2 Å². The Bertz CT molecular complexity index is 487. The maximum Gasteiger partial charge on any atom is 0.216 e. The van der Waals surface area contributed by atoms with Crippen LogP contribution in [0.25, 0.3) is 0 Å². The molecule has 2 N–H and O–H groups in total. The average molecular weight is 271 g/mol. The third-order valence-corrected chi connectivity index (χ3v) is 4.67. The highest BCUT2D eigenvalue weighted by molar-refractivity contribution is 7.88. The van der Waals surface area contributed by atoms with Gasteiger partial charge in [0.2, 0.25) is 10.0 Å². The zero-order valence-electron chi connectivity index (χ0n) is 11.3. The molecule has 18 heavy (non-hydrogen) atoms. The van der Waals surface area contributed by atoms with Gasteiger partial charge in [0, 0.05) is 0 Å². The predicted octanol–water partition coefficient (Wildman–Crippen LogP) is 1.66. The van der Waals surface area contributed by atoms with Crippen LogP contribution >= 0.6 is 0 Å². The maximum atomic E-state index is 12.0. The Morgan fingerprint density at radius 1 is 1.11 bits per heavy atom. The lowest BCUT2D eigenvalue weighted by atomic mass is 9.87. The summed E-state index contributed by atoms with van der Waals surface area (Å²) in [6, 6.07) is 8.95. The molecule has 5 heteroatoms. The molecule has 1 aromatic rings. The van der Waals surface area contributed by atoms with Crippen molar-refractivity contribution in [2.75, 3.05) is 0 Å². The van der Waals surface area contributed by atoms with Crippen LogP contribution in [0.15, 0.2) is 30.3 Å². The highest BCUT2D eigenvalue weighted by Crippen LogP contribution is 2.22. The fraction of sp³-hybridized carbons (Fsp3) is 0.538. The molecule has 102 valence electrons. The van der Waals surface area contributed by atoms with E-state index in [1.807, 2.05) is 6.07 Å². The summed E-state index contributed by atoms with van der Waals surface area (Å²) in [4.78, 5) is 0. The third kappa shape index (κ3) is 4.08. The van der Waals surface area contributed by atoms with Crippen LogP contribution in [-0.4, -0.2) is 24.7 Å². The summed E-state index contributed by atoms with van der Waals surface area (Å²) in [7, 11) is -3.49. The first-order valence-corrected chi connectivity index (χ1v) is 7.47. The van der Waals surface area contributed by atoms with Crippen LogP contribution in [0.1, 0.15) is 33.3 Å². The van der Waals surface area contributed by atoms with Gasteiger partial charge in [0.15, 0.2) is 0 Å². The van der Waals surface area contributed by atoms with Gasteiger partial charge in [-0.1, -0.05) is 30.3 Å². The molecule has 0 heterocycles. The number of benzene rings is 1. The van der Waals surface area contributed by atoms with Crippen molar-refractivity contribution in [3.05, 3.63) is 35.9 Å². The molecular formula is C13H21NO3S. The second kappa shape index (κ2) is 4.99. The van der Waals surface area contributed by atoms with Crippen molar-refractivity contribution in [3.8, 4) is 0 Å². The summed E-state index contributed by atoms with van der Waals surface area (Å²) < 4.78 is 26.6. The Morgan fingerprint density at radius 2 is 1.61 bits per heavy atom. The summed E-state index contributed by atoms with van der Waals surface area (Å²) in [6.07, 6.45) is 0. The number of rotatable bonds is 5. The molecule has 0 unspecified atom stereocenters. The van der Waals surface area contributed by atoms with Gasteiger partial charge < -0.3 is 5.11 Å². The van der Waals surface area contributed by atoms with Crippen molar-refractivity contribution in [2.45, 2.75) is 44.6 Å². The molecule has 0 aliphatic carbocycles. The SMILES string of the molecule is CC(C)(O)C(C)(C)NS(=O)(=O)Cc1ccccc1. The Labute approximate surface area is 109 Å². The largest absolute Gasteiger partial charge is 0.389 e. The summed E-state index contributed by atoms with van der Waals surface area (Å²) in [5, 5.41) is 9.95. The highest BCUT2D eigenvalue weighted by Gasteiger charge is 2.38. The lowest BCUT2D eigenvalue weighted by Gasteiger charge is -2.37. The molecule has 0 aliphatic heterocycles. The number of sulfonamides is 1. The van der Waals surface area contributed by atoms with E-state index in [0.717, 1.165) is 5.56 Å². The number of aliphatic hydroxyl groups is 1. The van der Waals surface area contributed by atoms with Crippen molar-refractivity contribution in [1.82, 2.24) is 4.72 Å². The number of hydrogen-bond acceptors (Lipinski definition) is 3. The number of nitrogens with one attached hydrogen (secondary N) is 1. The summed E-state index contributed by atoms with van der Waals surface area (Å²) in [5.41, 5.74) is -1.35. The minimum absolute atomic E-state index is 0.0899.